The SMILES string of the molecule is Cn1cc(-c2cc(NC(=O)CCc3ccccc3)ccc2Oc2ccc(F)cc2F)c2cc[nH]c(=O)c21. The number of hydrogen-bond donors (Lipinski definition) is 2. The van der Waals surface area contributed by atoms with E-state index < -0.39 is 11.6 Å². The number of hydrogen-bond acceptors (Lipinski definition) is 3. The van der Waals surface area contributed by atoms with Crippen LogP contribution in [0.15, 0.2) is 90.0 Å². The number of rotatable bonds is 7. The standard InChI is InChI=1S/C29H23F2N3O3/c1-34-17-23(21-13-14-32-29(36)28(21)34)22-16-20(33-27(35)12-7-18-5-3-2-4-6-18)9-11-25(22)37-26-10-8-19(30)15-24(26)31/h2-6,8-11,13-17H,7,12H2,1H3,(H,32,36)(H,33,35). The second-order valence-electron chi connectivity index (χ2n) is 8.64. The van der Waals surface area contributed by atoms with E-state index in [0.29, 0.717) is 40.6 Å². The summed E-state index contributed by atoms with van der Waals surface area (Å²) in [7, 11) is 1.75. The number of H-pyrrole nitrogens is 1. The molecule has 0 saturated carbocycles. The van der Waals surface area contributed by atoms with E-state index in [-0.39, 0.29) is 23.0 Å². The van der Waals surface area contributed by atoms with Gasteiger partial charge in [0.2, 0.25) is 5.91 Å². The molecule has 2 heterocycles. The zero-order valence-electron chi connectivity index (χ0n) is 19.9. The third-order valence-corrected chi connectivity index (χ3v) is 6.05. The maximum atomic E-state index is 14.4. The van der Waals surface area contributed by atoms with Crippen LogP contribution in [-0.4, -0.2) is 15.5 Å². The summed E-state index contributed by atoms with van der Waals surface area (Å²) < 4.78 is 35.4. The number of halogens is 2. The Balaban J connectivity index is 1.52. The molecule has 0 spiro atoms. The van der Waals surface area contributed by atoms with E-state index in [1.54, 1.807) is 48.3 Å². The van der Waals surface area contributed by atoms with Gasteiger partial charge in [-0.25, -0.2) is 8.78 Å². The molecule has 0 aliphatic rings. The summed E-state index contributed by atoms with van der Waals surface area (Å²) in [6, 6.07) is 19.5. The van der Waals surface area contributed by atoms with Crippen molar-refractivity contribution in [1.82, 2.24) is 9.55 Å². The van der Waals surface area contributed by atoms with Crippen LogP contribution in [0, 0.1) is 11.6 Å². The van der Waals surface area contributed by atoms with E-state index in [0.717, 1.165) is 17.7 Å². The van der Waals surface area contributed by atoms with Gasteiger partial charge >= 0.3 is 0 Å². The highest BCUT2D eigenvalue weighted by Gasteiger charge is 2.18. The van der Waals surface area contributed by atoms with Gasteiger partial charge in [0.25, 0.3) is 5.56 Å². The van der Waals surface area contributed by atoms with Crippen LogP contribution in [0.4, 0.5) is 14.5 Å². The number of carbonyl (C=O) groups excluding carboxylic acids is 1. The van der Waals surface area contributed by atoms with E-state index >= 15 is 0 Å². The predicted octanol–water partition coefficient (Wildman–Crippen LogP) is 6.18. The van der Waals surface area contributed by atoms with E-state index in [9.17, 15) is 18.4 Å². The molecule has 5 aromatic rings. The summed E-state index contributed by atoms with van der Waals surface area (Å²) in [4.78, 5) is 27.8. The zero-order chi connectivity index (χ0) is 25.9. The lowest BCUT2D eigenvalue weighted by Gasteiger charge is -2.14. The first-order valence-electron chi connectivity index (χ1n) is 11.7. The molecule has 37 heavy (non-hydrogen) atoms. The lowest BCUT2D eigenvalue weighted by molar-refractivity contribution is -0.116. The third-order valence-electron chi connectivity index (χ3n) is 6.05. The highest BCUT2D eigenvalue weighted by molar-refractivity contribution is 5.99. The Labute approximate surface area is 211 Å². The number of pyridine rings is 1. The van der Waals surface area contributed by atoms with Crippen molar-refractivity contribution in [3.8, 4) is 22.6 Å². The number of fused-ring (bicyclic) bond motifs is 1. The predicted molar refractivity (Wildman–Crippen MR) is 139 cm³/mol. The normalized spacial score (nSPS) is 11.0. The number of aromatic nitrogens is 2. The molecule has 2 N–H and O–H groups in total. The van der Waals surface area contributed by atoms with Gasteiger partial charge in [0.05, 0.1) is 0 Å². The molecule has 0 radical (unpaired) electrons. The van der Waals surface area contributed by atoms with Crippen molar-refractivity contribution in [3.05, 3.63) is 113 Å². The van der Waals surface area contributed by atoms with Gasteiger partial charge < -0.3 is 19.6 Å². The molecule has 2 aromatic heterocycles. The minimum atomic E-state index is -0.849. The quantitative estimate of drug-likeness (QED) is 0.281. The van der Waals surface area contributed by atoms with Crippen molar-refractivity contribution in [2.45, 2.75) is 12.8 Å². The van der Waals surface area contributed by atoms with Gasteiger partial charge in [-0.2, -0.15) is 0 Å². The summed E-state index contributed by atoms with van der Waals surface area (Å²) >= 11 is 0. The van der Waals surface area contributed by atoms with Crippen molar-refractivity contribution in [2.24, 2.45) is 7.05 Å². The van der Waals surface area contributed by atoms with Gasteiger partial charge in [-0.3, -0.25) is 9.59 Å². The minimum Gasteiger partial charge on any atom is -0.454 e. The van der Waals surface area contributed by atoms with Crippen LogP contribution in [0.25, 0.3) is 22.0 Å². The van der Waals surface area contributed by atoms with Gasteiger partial charge in [-0.1, -0.05) is 30.3 Å². The fourth-order valence-electron chi connectivity index (χ4n) is 4.29. The maximum absolute atomic E-state index is 14.4. The van der Waals surface area contributed by atoms with E-state index in [1.165, 1.54) is 6.07 Å². The van der Waals surface area contributed by atoms with Gasteiger partial charge in [-0.05, 0) is 48.4 Å². The summed E-state index contributed by atoms with van der Waals surface area (Å²) in [5.74, 6) is -1.60. The second-order valence-corrected chi connectivity index (χ2v) is 8.64. The molecule has 8 heteroatoms. The third kappa shape index (κ3) is 5.13. The largest absolute Gasteiger partial charge is 0.454 e. The van der Waals surface area contributed by atoms with Gasteiger partial charge in [0.15, 0.2) is 11.6 Å². The Bertz CT molecular complexity index is 1660. The number of amides is 1. The molecule has 0 aliphatic heterocycles. The van der Waals surface area contributed by atoms with Crippen molar-refractivity contribution in [2.75, 3.05) is 5.32 Å². The Morgan fingerprint density at radius 2 is 1.76 bits per heavy atom. The molecule has 0 unspecified atom stereocenters. The van der Waals surface area contributed by atoms with Crippen molar-refractivity contribution in [1.29, 1.82) is 0 Å². The highest BCUT2D eigenvalue weighted by Crippen LogP contribution is 2.39. The number of aryl methyl sites for hydroxylation is 2. The van der Waals surface area contributed by atoms with Crippen LogP contribution in [-0.2, 0) is 18.3 Å². The fourth-order valence-corrected chi connectivity index (χ4v) is 4.29. The lowest BCUT2D eigenvalue weighted by atomic mass is 10.0. The molecule has 0 bridgehead atoms. The summed E-state index contributed by atoms with van der Waals surface area (Å²) in [5, 5.41) is 3.56. The van der Waals surface area contributed by atoms with Crippen LogP contribution in [0.3, 0.4) is 0 Å². The number of nitrogens with one attached hydrogen (secondary N) is 2. The Kier molecular flexibility index (Phi) is 6.55. The molecule has 0 saturated heterocycles. The average Bonchev–Trinajstić information content (AvgIpc) is 3.23. The smallest absolute Gasteiger partial charge is 0.272 e. The van der Waals surface area contributed by atoms with Crippen LogP contribution in [0.5, 0.6) is 11.5 Å². The summed E-state index contributed by atoms with van der Waals surface area (Å²) in [6.07, 6.45) is 4.20. The molecule has 186 valence electrons. The molecule has 6 nitrogen and oxygen atoms in total. The molecule has 5 rings (SSSR count). The first-order chi connectivity index (χ1) is 17.9. The first-order valence-corrected chi connectivity index (χ1v) is 11.7. The molecular weight excluding hydrogens is 476 g/mol. The molecule has 0 atom stereocenters. The maximum Gasteiger partial charge on any atom is 0.272 e. The summed E-state index contributed by atoms with van der Waals surface area (Å²) in [5.41, 5.74) is 2.95. The van der Waals surface area contributed by atoms with Crippen molar-refractivity contribution >= 4 is 22.5 Å². The average molecular weight is 500 g/mol. The van der Waals surface area contributed by atoms with E-state index in [2.05, 4.69) is 10.3 Å². The van der Waals surface area contributed by atoms with Crippen LogP contribution in [0.2, 0.25) is 0 Å². The molecular formula is C29H23F2N3O3. The van der Waals surface area contributed by atoms with Crippen molar-refractivity contribution in [3.63, 3.8) is 0 Å². The van der Waals surface area contributed by atoms with E-state index in [1.807, 2.05) is 30.3 Å². The molecule has 1 amide bonds. The molecule has 0 fully saturated rings. The number of benzene rings is 3. The van der Waals surface area contributed by atoms with Gasteiger partial charge in [-0.15, -0.1) is 0 Å². The highest BCUT2D eigenvalue weighted by atomic mass is 19.1. The van der Waals surface area contributed by atoms with Gasteiger partial charge in [0.1, 0.15) is 17.1 Å². The number of ether oxygens (including phenoxy) is 1. The lowest BCUT2D eigenvalue weighted by Crippen LogP contribution is -2.12. The Morgan fingerprint density at radius 1 is 0.973 bits per heavy atom. The molecule has 3 aromatic carbocycles. The number of anilines is 1. The fraction of sp³-hybridized carbons (Fsp3) is 0.103. The monoisotopic (exact) mass is 499 g/mol. The Morgan fingerprint density at radius 3 is 2.54 bits per heavy atom. The Hall–Kier alpha value is -4.72. The van der Waals surface area contributed by atoms with Gasteiger partial charge in [0, 0.05) is 54.1 Å². The number of aromatic amines is 1. The topological polar surface area (TPSA) is 76.1 Å². The minimum absolute atomic E-state index is 0.152. The second kappa shape index (κ2) is 10.1. The first kappa shape index (κ1) is 24.0. The number of nitrogens with zero attached hydrogens (tertiary/aromatic N) is 1. The summed E-state index contributed by atoms with van der Waals surface area (Å²) in [6.45, 7) is 0. The van der Waals surface area contributed by atoms with Crippen LogP contribution >= 0.6 is 0 Å². The van der Waals surface area contributed by atoms with Crippen molar-refractivity contribution < 1.29 is 18.3 Å². The molecule has 0 aliphatic carbocycles. The zero-order valence-corrected chi connectivity index (χ0v) is 19.9. The number of carbonyl (C=O) groups is 1. The van der Waals surface area contributed by atoms with Crippen LogP contribution < -0.4 is 15.6 Å². The van der Waals surface area contributed by atoms with E-state index in [4.69, 9.17) is 4.74 Å². The van der Waals surface area contributed by atoms with Crippen LogP contribution in [0.1, 0.15) is 12.0 Å².